The minimum absolute atomic E-state index is 0.0856. The van der Waals surface area contributed by atoms with Crippen molar-refractivity contribution >= 4 is 40.1 Å². The third kappa shape index (κ3) is 14.2. The Labute approximate surface area is 273 Å². The molecule has 1 aromatic carbocycles. The first-order chi connectivity index (χ1) is 21.7. The van der Waals surface area contributed by atoms with Crippen molar-refractivity contribution in [1.29, 1.82) is 0 Å². The lowest BCUT2D eigenvalue weighted by Gasteiger charge is -2.21. The number of carbonyl (C=O) groups is 4. The van der Waals surface area contributed by atoms with Crippen LogP contribution in [0.1, 0.15) is 94.7 Å². The molecule has 1 aromatic rings. The van der Waals surface area contributed by atoms with Crippen molar-refractivity contribution in [3.8, 4) is 5.75 Å². The number of nitrogens with zero attached hydrogens (tertiary/aromatic N) is 1. The Bertz CT molecular complexity index is 1310. The van der Waals surface area contributed by atoms with E-state index in [1.165, 1.54) is 14.2 Å². The maximum Gasteiger partial charge on any atom is 0.305 e. The molecule has 0 heterocycles. The zero-order chi connectivity index (χ0) is 34.9. The lowest BCUT2D eigenvalue weighted by molar-refractivity contribution is -0.140. The minimum Gasteiger partial charge on any atom is -0.496 e. The zero-order valence-corrected chi connectivity index (χ0v) is 29.2. The van der Waals surface area contributed by atoms with Crippen LogP contribution in [0.15, 0.2) is 16.0 Å². The van der Waals surface area contributed by atoms with Gasteiger partial charge in [0.1, 0.15) is 18.1 Å². The van der Waals surface area contributed by atoms with Crippen molar-refractivity contribution in [1.82, 2.24) is 15.4 Å². The molecule has 0 saturated carbocycles. The number of carbonyl (C=O) groups excluding carboxylic acids is 4. The van der Waals surface area contributed by atoms with Crippen LogP contribution in [0.25, 0.3) is 0 Å². The van der Waals surface area contributed by atoms with Gasteiger partial charge in [0.2, 0.25) is 17.8 Å². The van der Waals surface area contributed by atoms with Crippen LogP contribution in [0.4, 0.5) is 0 Å². The fraction of sp³-hybridized carbons (Fsp3) is 0.656. The monoisotopic (exact) mass is 667 g/mol. The van der Waals surface area contributed by atoms with Gasteiger partial charge in [-0.3, -0.25) is 19.4 Å². The molecular weight excluding hydrogens is 614 g/mol. The molecule has 2 atom stereocenters. The molecule has 0 radical (unpaired) electrons. The fourth-order valence-corrected chi connectivity index (χ4v) is 6.51. The Morgan fingerprint density at radius 2 is 1.59 bits per heavy atom. The molecule has 0 aliphatic rings. The molecule has 1 rings (SSSR count). The van der Waals surface area contributed by atoms with Gasteiger partial charge in [-0.15, -0.1) is 0 Å². The summed E-state index contributed by atoms with van der Waals surface area (Å²) in [5.74, 6) is -0.562. The normalized spacial score (nSPS) is 13.1. The number of aliphatic imine (C=N–C) groups is 1. The molecule has 260 valence electrons. The Balaban J connectivity index is 2.82. The smallest absolute Gasteiger partial charge is 0.305 e. The predicted molar refractivity (Wildman–Crippen MR) is 177 cm³/mol. The Morgan fingerprint density at radius 3 is 2.17 bits per heavy atom. The van der Waals surface area contributed by atoms with Crippen LogP contribution in [-0.2, 0) is 33.9 Å². The number of nitrogens with one attached hydrogen (secondary N) is 3. The maximum atomic E-state index is 13.1. The van der Waals surface area contributed by atoms with Crippen molar-refractivity contribution in [2.75, 3.05) is 20.8 Å². The van der Waals surface area contributed by atoms with Gasteiger partial charge in [0.05, 0.1) is 25.2 Å². The Hall–Kier alpha value is -3.68. The summed E-state index contributed by atoms with van der Waals surface area (Å²) in [6, 6.07) is 0.0459. The van der Waals surface area contributed by atoms with E-state index < -0.39 is 28.0 Å². The van der Waals surface area contributed by atoms with Crippen molar-refractivity contribution in [2.45, 2.75) is 116 Å². The second-order valence-corrected chi connectivity index (χ2v) is 13.5. The molecule has 0 aromatic heterocycles. The highest BCUT2D eigenvalue weighted by Gasteiger charge is 2.25. The number of nitrogens with two attached hydrogens (primary N) is 1. The third-order valence-corrected chi connectivity index (χ3v) is 9.16. The van der Waals surface area contributed by atoms with Crippen LogP contribution in [0, 0.1) is 26.7 Å². The molecule has 0 spiro atoms. The van der Waals surface area contributed by atoms with E-state index in [9.17, 15) is 27.6 Å². The van der Waals surface area contributed by atoms with E-state index >= 15 is 0 Å². The number of amides is 2. The standard InChI is InChI=1S/C32H53N5O8S/c1-21(2)18-25(20-38)35-31(41)26(36-28(39)15-11-9-8-10-12-16-29(40)45-7)14-13-17-34-32(33)37-46(42,43)30-22(3)19-27(44-6)23(4)24(30)5/h19-21,25-26H,8-18H2,1-7H3,(H,35,41)(H,36,39)(H3,33,34,37)/t25?,26-/m0/s1. The first-order valence-corrected chi connectivity index (χ1v) is 17.2. The number of aryl methyl sites for hydroxylation is 1. The van der Waals surface area contributed by atoms with E-state index in [0.717, 1.165) is 25.7 Å². The molecule has 0 saturated heterocycles. The molecule has 1 unspecified atom stereocenters. The molecule has 2 amide bonds. The predicted octanol–water partition coefficient (Wildman–Crippen LogP) is 3.11. The summed E-state index contributed by atoms with van der Waals surface area (Å²) in [6.45, 7) is 9.09. The van der Waals surface area contributed by atoms with Crippen LogP contribution in [0.5, 0.6) is 5.75 Å². The molecule has 5 N–H and O–H groups in total. The second kappa shape index (κ2) is 20.4. The van der Waals surface area contributed by atoms with Gasteiger partial charge in [-0.1, -0.05) is 33.1 Å². The fourth-order valence-electron chi connectivity index (χ4n) is 5.02. The number of hydrogen-bond acceptors (Lipinski definition) is 9. The summed E-state index contributed by atoms with van der Waals surface area (Å²) in [5.41, 5.74) is 7.64. The number of unbranched alkanes of at least 4 members (excludes halogenated alkanes) is 4. The Kier molecular flexibility index (Phi) is 17.9. The highest BCUT2D eigenvalue weighted by Crippen LogP contribution is 2.30. The van der Waals surface area contributed by atoms with Crippen LogP contribution in [0.3, 0.4) is 0 Å². The number of hydrogen-bond donors (Lipinski definition) is 4. The number of sulfonamides is 1. The van der Waals surface area contributed by atoms with Crippen LogP contribution < -0.4 is 25.8 Å². The van der Waals surface area contributed by atoms with Crippen LogP contribution >= 0.6 is 0 Å². The maximum absolute atomic E-state index is 13.1. The minimum atomic E-state index is -4.04. The van der Waals surface area contributed by atoms with Gasteiger partial charge >= 0.3 is 5.97 Å². The number of benzene rings is 1. The molecule has 46 heavy (non-hydrogen) atoms. The quantitative estimate of drug-likeness (QED) is 0.0501. The van der Waals surface area contributed by atoms with Crippen molar-refractivity contribution in [3.63, 3.8) is 0 Å². The SMILES string of the molecule is COC(=O)CCCCCCCC(=O)N[C@@H](CCCN=C(N)NS(=O)(=O)c1c(C)cc(OC)c(C)c1C)C(=O)NC(C=O)CC(C)C. The van der Waals surface area contributed by atoms with E-state index in [-0.39, 0.29) is 48.0 Å². The van der Waals surface area contributed by atoms with Gasteiger partial charge in [0.15, 0.2) is 0 Å². The molecule has 13 nitrogen and oxygen atoms in total. The molecule has 14 heteroatoms. The van der Waals surface area contributed by atoms with E-state index in [4.69, 9.17) is 10.5 Å². The summed E-state index contributed by atoms with van der Waals surface area (Å²) < 4.78 is 38.5. The summed E-state index contributed by atoms with van der Waals surface area (Å²) in [5, 5.41) is 5.48. The summed E-state index contributed by atoms with van der Waals surface area (Å²) in [7, 11) is -1.16. The number of esters is 1. The Morgan fingerprint density at radius 1 is 0.957 bits per heavy atom. The van der Waals surface area contributed by atoms with Gasteiger partial charge in [0, 0.05) is 19.4 Å². The van der Waals surface area contributed by atoms with Crippen LogP contribution in [0.2, 0.25) is 0 Å². The number of rotatable bonds is 21. The van der Waals surface area contributed by atoms with Crippen LogP contribution in [-0.4, -0.2) is 71.3 Å². The van der Waals surface area contributed by atoms with E-state index in [0.29, 0.717) is 54.4 Å². The largest absolute Gasteiger partial charge is 0.496 e. The van der Waals surface area contributed by atoms with Gasteiger partial charge in [-0.25, -0.2) is 13.1 Å². The van der Waals surface area contributed by atoms with E-state index in [2.05, 4.69) is 25.1 Å². The molecule has 0 bridgehead atoms. The average molecular weight is 668 g/mol. The highest BCUT2D eigenvalue weighted by molar-refractivity contribution is 7.90. The van der Waals surface area contributed by atoms with Crippen molar-refractivity contribution in [3.05, 3.63) is 22.8 Å². The van der Waals surface area contributed by atoms with Gasteiger partial charge in [0.25, 0.3) is 10.0 Å². The topological polar surface area (TPSA) is 195 Å². The zero-order valence-electron chi connectivity index (χ0n) is 28.4. The van der Waals surface area contributed by atoms with Gasteiger partial charge in [-0.2, -0.15) is 0 Å². The molecule has 0 fully saturated rings. The first kappa shape index (κ1) is 40.3. The molecule has 0 aliphatic heterocycles. The number of aldehydes is 1. The summed E-state index contributed by atoms with van der Waals surface area (Å²) in [4.78, 5) is 52.8. The highest BCUT2D eigenvalue weighted by atomic mass is 32.2. The van der Waals surface area contributed by atoms with Gasteiger partial charge in [-0.05, 0) is 81.5 Å². The van der Waals surface area contributed by atoms with Crippen molar-refractivity contribution < 1.29 is 37.1 Å². The molecule has 0 aliphatic carbocycles. The lowest BCUT2D eigenvalue weighted by atomic mass is 10.0. The average Bonchev–Trinajstić information content (AvgIpc) is 2.98. The van der Waals surface area contributed by atoms with E-state index in [1.54, 1.807) is 26.8 Å². The first-order valence-electron chi connectivity index (χ1n) is 15.8. The summed E-state index contributed by atoms with van der Waals surface area (Å²) in [6.07, 6.45) is 6.09. The number of guanidine groups is 1. The number of ether oxygens (including phenoxy) is 2. The lowest BCUT2D eigenvalue weighted by Crippen LogP contribution is -2.50. The number of methoxy groups -OCH3 is 2. The second-order valence-electron chi connectivity index (χ2n) is 11.8. The third-order valence-electron chi connectivity index (χ3n) is 7.52. The molecular formula is C32H53N5O8S. The van der Waals surface area contributed by atoms with Crippen molar-refractivity contribution in [2.24, 2.45) is 16.6 Å². The van der Waals surface area contributed by atoms with E-state index in [1.807, 2.05) is 13.8 Å². The summed E-state index contributed by atoms with van der Waals surface area (Å²) >= 11 is 0. The van der Waals surface area contributed by atoms with Gasteiger partial charge < -0.3 is 30.6 Å².